The third-order valence-electron chi connectivity index (χ3n) is 5.27. The summed E-state index contributed by atoms with van der Waals surface area (Å²) in [5, 5.41) is 11.5. The summed E-state index contributed by atoms with van der Waals surface area (Å²) in [6.45, 7) is 8.99. The lowest BCUT2D eigenvalue weighted by atomic mass is 9.70. The predicted molar refractivity (Wildman–Crippen MR) is 103 cm³/mol. The molecule has 1 aliphatic carbocycles. The molecule has 0 saturated heterocycles. The number of aliphatic hydroxyl groups is 1. The van der Waals surface area contributed by atoms with Crippen molar-refractivity contribution in [1.82, 2.24) is 0 Å². The van der Waals surface area contributed by atoms with Crippen molar-refractivity contribution in [2.45, 2.75) is 110 Å². The highest BCUT2D eigenvalue weighted by Crippen LogP contribution is 2.42. The standard InChI is InChI=1S/C22H40O/c1-5-9-13-19-17-20(14-10-6-2)21(15-11-7-3)22(23,18-19)16-12-8-4/h17-18,21,23H,5-16H2,1-4H3. The maximum atomic E-state index is 11.5. The van der Waals surface area contributed by atoms with E-state index < -0.39 is 5.60 Å². The van der Waals surface area contributed by atoms with Crippen molar-refractivity contribution in [3.63, 3.8) is 0 Å². The molecule has 2 atom stereocenters. The van der Waals surface area contributed by atoms with Crippen molar-refractivity contribution in [2.75, 3.05) is 0 Å². The number of rotatable bonds is 12. The van der Waals surface area contributed by atoms with E-state index in [-0.39, 0.29) is 0 Å². The normalized spacial score (nSPS) is 24.5. The van der Waals surface area contributed by atoms with E-state index in [1.807, 2.05) is 0 Å². The topological polar surface area (TPSA) is 20.2 Å². The van der Waals surface area contributed by atoms with E-state index in [0.717, 1.165) is 32.1 Å². The predicted octanol–water partition coefficient (Wildman–Crippen LogP) is 6.96. The minimum Gasteiger partial charge on any atom is -0.385 e. The van der Waals surface area contributed by atoms with E-state index in [1.54, 1.807) is 0 Å². The van der Waals surface area contributed by atoms with Gasteiger partial charge in [0.25, 0.3) is 0 Å². The molecule has 134 valence electrons. The van der Waals surface area contributed by atoms with Crippen molar-refractivity contribution < 1.29 is 5.11 Å². The van der Waals surface area contributed by atoms with E-state index >= 15 is 0 Å². The Morgan fingerprint density at radius 2 is 1.48 bits per heavy atom. The first-order chi connectivity index (χ1) is 11.1. The first-order valence-electron chi connectivity index (χ1n) is 10.3. The Bertz CT molecular complexity index is 379. The van der Waals surface area contributed by atoms with Gasteiger partial charge in [0.2, 0.25) is 0 Å². The lowest BCUT2D eigenvalue weighted by Crippen LogP contribution is -2.39. The third-order valence-corrected chi connectivity index (χ3v) is 5.27. The molecule has 0 aromatic rings. The van der Waals surface area contributed by atoms with Crippen molar-refractivity contribution in [2.24, 2.45) is 5.92 Å². The van der Waals surface area contributed by atoms with Crippen LogP contribution in [0.25, 0.3) is 0 Å². The van der Waals surface area contributed by atoms with Gasteiger partial charge in [-0.1, -0.05) is 77.9 Å². The molecule has 2 unspecified atom stereocenters. The molecule has 0 radical (unpaired) electrons. The van der Waals surface area contributed by atoms with Gasteiger partial charge in [0.1, 0.15) is 0 Å². The van der Waals surface area contributed by atoms with Crippen LogP contribution in [-0.2, 0) is 0 Å². The van der Waals surface area contributed by atoms with Gasteiger partial charge in [0.05, 0.1) is 5.60 Å². The van der Waals surface area contributed by atoms with Gasteiger partial charge in [-0.15, -0.1) is 0 Å². The average molecular weight is 321 g/mol. The third kappa shape index (κ3) is 6.45. The van der Waals surface area contributed by atoms with Gasteiger partial charge >= 0.3 is 0 Å². The SMILES string of the molecule is CCCCC1=CC(O)(CCCC)C(CCCC)C(CCCC)=C1. The van der Waals surface area contributed by atoms with Gasteiger partial charge in [0.15, 0.2) is 0 Å². The summed E-state index contributed by atoms with van der Waals surface area (Å²) < 4.78 is 0. The lowest BCUT2D eigenvalue weighted by molar-refractivity contribution is 0.0240. The highest BCUT2D eigenvalue weighted by molar-refractivity contribution is 5.36. The van der Waals surface area contributed by atoms with E-state index in [0.29, 0.717) is 5.92 Å². The maximum Gasteiger partial charge on any atom is 0.0898 e. The molecule has 0 bridgehead atoms. The second kappa shape index (κ2) is 11.1. The fourth-order valence-corrected chi connectivity index (χ4v) is 3.83. The van der Waals surface area contributed by atoms with Crippen molar-refractivity contribution in [3.05, 3.63) is 23.3 Å². The van der Waals surface area contributed by atoms with Gasteiger partial charge in [-0.25, -0.2) is 0 Å². The highest BCUT2D eigenvalue weighted by Gasteiger charge is 2.38. The summed E-state index contributed by atoms with van der Waals surface area (Å²) in [4.78, 5) is 0. The molecule has 23 heavy (non-hydrogen) atoms. The second-order valence-corrected chi connectivity index (χ2v) is 7.44. The van der Waals surface area contributed by atoms with Crippen LogP contribution in [0.2, 0.25) is 0 Å². The molecular formula is C22H40O. The van der Waals surface area contributed by atoms with Crippen LogP contribution in [0.5, 0.6) is 0 Å². The van der Waals surface area contributed by atoms with Crippen molar-refractivity contribution in [1.29, 1.82) is 0 Å². The van der Waals surface area contributed by atoms with E-state index in [1.165, 1.54) is 56.1 Å². The maximum absolute atomic E-state index is 11.5. The summed E-state index contributed by atoms with van der Waals surface area (Å²) in [5.74, 6) is 0.353. The molecule has 0 heterocycles. The Hall–Kier alpha value is -0.560. The molecule has 0 aromatic heterocycles. The molecule has 0 saturated carbocycles. The van der Waals surface area contributed by atoms with Crippen molar-refractivity contribution in [3.8, 4) is 0 Å². The van der Waals surface area contributed by atoms with Gasteiger partial charge in [-0.2, -0.15) is 0 Å². The first kappa shape index (κ1) is 20.5. The van der Waals surface area contributed by atoms with Crippen molar-refractivity contribution >= 4 is 0 Å². The molecule has 0 aromatic carbocycles. The zero-order valence-electron chi connectivity index (χ0n) is 16.2. The van der Waals surface area contributed by atoms with Gasteiger partial charge in [0, 0.05) is 5.92 Å². The summed E-state index contributed by atoms with van der Waals surface area (Å²) in [6.07, 6.45) is 18.7. The summed E-state index contributed by atoms with van der Waals surface area (Å²) in [7, 11) is 0. The van der Waals surface area contributed by atoms with E-state index in [4.69, 9.17) is 0 Å². The van der Waals surface area contributed by atoms with E-state index in [2.05, 4.69) is 39.8 Å². The van der Waals surface area contributed by atoms with Crippen LogP contribution in [-0.4, -0.2) is 10.7 Å². The Balaban J connectivity index is 3.02. The van der Waals surface area contributed by atoms with E-state index in [9.17, 15) is 5.11 Å². The first-order valence-corrected chi connectivity index (χ1v) is 10.3. The largest absolute Gasteiger partial charge is 0.385 e. The highest BCUT2D eigenvalue weighted by atomic mass is 16.3. The Kier molecular flexibility index (Phi) is 9.86. The molecule has 1 N–H and O–H groups in total. The fourth-order valence-electron chi connectivity index (χ4n) is 3.83. The molecule has 1 aliphatic rings. The molecule has 0 aliphatic heterocycles. The lowest BCUT2D eigenvalue weighted by Gasteiger charge is -2.40. The fraction of sp³-hybridized carbons (Fsp3) is 0.818. The minimum absolute atomic E-state index is 0.353. The molecule has 1 heteroatoms. The van der Waals surface area contributed by atoms with Crippen LogP contribution in [0.4, 0.5) is 0 Å². The van der Waals surface area contributed by atoms with Crippen LogP contribution in [0.1, 0.15) is 105 Å². The van der Waals surface area contributed by atoms with Gasteiger partial charge < -0.3 is 5.11 Å². The van der Waals surface area contributed by atoms with Crippen LogP contribution in [0, 0.1) is 5.92 Å². The summed E-state index contributed by atoms with van der Waals surface area (Å²) >= 11 is 0. The Morgan fingerprint density at radius 1 is 0.870 bits per heavy atom. The van der Waals surface area contributed by atoms with Crippen LogP contribution in [0.15, 0.2) is 23.3 Å². The monoisotopic (exact) mass is 320 g/mol. The number of hydrogen-bond acceptors (Lipinski definition) is 1. The minimum atomic E-state index is -0.591. The smallest absolute Gasteiger partial charge is 0.0898 e. The Morgan fingerprint density at radius 3 is 2.09 bits per heavy atom. The van der Waals surface area contributed by atoms with Gasteiger partial charge in [-0.3, -0.25) is 0 Å². The molecule has 1 nitrogen and oxygen atoms in total. The zero-order valence-corrected chi connectivity index (χ0v) is 16.2. The van der Waals surface area contributed by atoms with Crippen LogP contribution in [0.3, 0.4) is 0 Å². The molecule has 1 rings (SSSR count). The average Bonchev–Trinajstić information content (AvgIpc) is 2.55. The number of hydrogen-bond donors (Lipinski definition) is 1. The van der Waals surface area contributed by atoms with Crippen LogP contribution >= 0.6 is 0 Å². The zero-order chi connectivity index (χ0) is 17.1. The molecule has 0 spiro atoms. The molecular weight excluding hydrogens is 280 g/mol. The molecule has 0 fully saturated rings. The Labute approximate surface area is 145 Å². The summed E-state index contributed by atoms with van der Waals surface area (Å²) in [6, 6.07) is 0. The second-order valence-electron chi connectivity index (χ2n) is 7.44. The summed E-state index contributed by atoms with van der Waals surface area (Å²) in [5.41, 5.74) is 2.34. The number of allylic oxidation sites excluding steroid dienone is 2. The quantitative estimate of drug-likeness (QED) is 0.412. The molecule has 0 amide bonds. The van der Waals surface area contributed by atoms with Crippen LogP contribution < -0.4 is 0 Å². The van der Waals surface area contributed by atoms with Gasteiger partial charge in [-0.05, 0) is 50.2 Å². The number of unbranched alkanes of at least 4 members (excludes halogenated alkanes) is 4.